The summed E-state index contributed by atoms with van der Waals surface area (Å²) in [5, 5.41) is 27.5. The number of phenols is 1. The average molecular weight is 473 g/mol. The molecule has 2 aromatic rings. The number of hydrogen-bond donors (Lipinski definition) is 3. The van der Waals surface area contributed by atoms with Gasteiger partial charge in [0.1, 0.15) is 6.10 Å². The van der Waals surface area contributed by atoms with Gasteiger partial charge in [0.25, 0.3) is 0 Å². The summed E-state index contributed by atoms with van der Waals surface area (Å²) in [6.45, 7) is 3.01. The molecule has 2 aliphatic heterocycles. The molecule has 1 saturated heterocycles. The van der Waals surface area contributed by atoms with E-state index in [2.05, 4.69) is 46.6 Å². The number of phenolic OH excluding ortho intramolecular Hbond substituents is 1. The molecule has 0 amide bonds. The Morgan fingerprint density at radius 1 is 1.00 bits per heavy atom. The summed E-state index contributed by atoms with van der Waals surface area (Å²) in [4.78, 5) is 2.62. The minimum atomic E-state index is -0.790. The van der Waals surface area contributed by atoms with Crippen molar-refractivity contribution < 1.29 is 14.9 Å². The minimum absolute atomic E-state index is 0.00426. The highest BCUT2D eigenvalue weighted by Crippen LogP contribution is 2.71. The topological polar surface area (TPSA) is 65.0 Å². The molecule has 2 heterocycles. The molecule has 3 N–H and O–H groups in total. The van der Waals surface area contributed by atoms with E-state index in [1.807, 2.05) is 6.07 Å². The van der Waals surface area contributed by atoms with Crippen LogP contribution in [0.5, 0.6) is 11.5 Å². The molecular formula is C30H36N2O3. The van der Waals surface area contributed by atoms with Crippen LogP contribution in [0, 0.1) is 11.3 Å². The highest BCUT2D eigenvalue weighted by molar-refractivity contribution is 5.63. The van der Waals surface area contributed by atoms with Crippen LogP contribution in [-0.4, -0.2) is 52.0 Å². The third kappa shape index (κ3) is 2.60. The van der Waals surface area contributed by atoms with Gasteiger partial charge in [0, 0.05) is 36.2 Å². The van der Waals surface area contributed by atoms with E-state index in [0.717, 1.165) is 69.6 Å². The second-order valence-electron chi connectivity index (χ2n) is 12.4. The fourth-order valence-electron chi connectivity index (χ4n) is 9.06. The average Bonchev–Trinajstić information content (AvgIpc) is 3.59. The third-order valence-electron chi connectivity index (χ3n) is 11.0. The molecule has 4 fully saturated rings. The van der Waals surface area contributed by atoms with Gasteiger partial charge in [0.2, 0.25) is 0 Å². The monoisotopic (exact) mass is 472 g/mol. The Bertz CT molecular complexity index is 1180. The van der Waals surface area contributed by atoms with Crippen molar-refractivity contribution in [1.82, 2.24) is 10.2 Å². The van der Waals surface area contributed by atoms with Crippen LogP contribution < -0.4 is 10.1 Å². The largest absolute Gasteiger partial charge is 0.504 e. The van der Waals surface area contributed by atoms with Gasteiger partial charge in [-0.2, -0.15) is 0 Å². The van der Waals surface area contributed by atoms with Crippen molar-refractivity contribution in [2.24, 2.45) is 11.3 Å². The van der Waals surface area contributed by atoms with Gasteiger partial charge in [-0.3, -0.25) is 4.90 Å². The SMILES string of the molecule is Oc1ccc2c3c1O[C@H]1[C@@]4(CC[C@H]4NCc4ccccc4)CC[C@@]4(O)[C@@H](C2)N(CC2CC2)CC[C@]314. The van der Waals surface area contributed by atoms with Gasteiger partial charge >= 0.3 is 0 Å². The van der Waals surface area contributed by atoms with E-state index in [-0.39, 0.29) is 23.3 Å². The first kappa shape index (κ1) is 21.0. The van der Waals surface area contributed by atoms with E-state index in [9.17, 15) is 10.2 Å². The zero-order chi connectivity index (χ0) is 23.4. The van der Waals surface area contributed by atoms with E-state index in [1.54, 1.807) is 0 Å². The number of rotatable bonds is 5. The molecule has 5 nitrogen and oxygen atoms in total. The van der Waals surface area contributed by atoms with E-state index >= 15 is 0 Å². The van der Waals surface area contributed by atoms with Crippen molar-refractivity contribution in [3.05, 3.63) is 59.2 Å². The number of ether oxygens (including phenoxy) is 1. The lowest BCUT2D eigenvalue weighted by atomic mass is 9.40. The molecular weight excluding hydrogens is 436 g/mol. The number of aromatic hydroxyl groups is 1. The number of hydrogen-bond acceptors (Lipinski definition) is 5. The smallest absolute Gasteiger partial charge is 0.165 e. The molecule has 6 aliphatic rings. The second-order valence-corrected chi connectivity index (χ2v) is 12.4. The van der Waals surface area contributed by atoms with Crippen LogP contribution in [0.4, 0.5) is 0 Å². The summed E-state index contributed by atoms with van der Waals surface area (Å²) in [5.74, 6) is 1.74. The first-order valence-electron chi connectivity index (χ1n) is 13.8. The molecule has 4 aliphatic carbocycles. The molecule has 184 valence electrons. The standard InChI is InChI=1S/C30H36N2O3/c33-22-9-8-21-16-24-30(34)13-12-28(11-10-23(28)31-17-19-4-2-1-3-5-19)27-29(30,25(21)26(22)35-27)14-15-32(24)18-20-6-7-20/h1-5,8-9,20,23-24,27,31,33-34H,6-7,10-18H2/t23-,24-,27+,28+,29+,30-/m1/s1. The Morgan fingerprint density at radius 2 is 1.86 bits per heavy atom. The van der Waals surface area contributed by atoms with Gasteiger partial charge in [-0.1, -0.05) is 36.4 Å². The van der Waals surface area contributed by atoms with Crippen LogP contribution in [0.15, 0.2) is 42.5 Å². The maximum Gasteiger partial charge on any atom is 0.165 e. The third-order valence-corrected chi connectivity index (χ3v) is 11.0. The van der Waals surface area contributed by atoms with Gasteiger partial charge < -0.3 is 20.3 Å². The molecule has 2 spiro atoms. The van der Waals surface area contributed by atoms with Crippen molar-refractivity contribution in [3.8, 4) is 11.5 Å². The van der Waals surface area contributed by atoms with Gasteiger partial charge in [-0.15, -0.1) is 0 Å². The van der Waals surface area contributed by atoms with Crippen LogP contribution in [0.3, 0.4) is 0 Å². The highest BCUT2D eigenvalue weighted by Gasteiger charge is 2.77. The van der Waals surface area contributed by atoms with E-state index in [0.29, 0.717) is 11.8 Å². The summed E-state index contributed by atoms with van der Waals surface area (Å²) in [7, 11) is 0. The summed E-state index contributed by atoms with van der Waals surface area (Å²) in [6.07, 6.45) is 8.48. The van der Waals surface area contributed by atoms with Crippen LogP contribution in [0.25, 0.3) is 0 Å². The fraction of sp³-hybridized carbons (Fsp3) is 0.600. The van der Waals surface area contributed by atoms with Crippen LogP contribution in [0.1, 0.15) is 61.6 Å². The number of likely N-dealkylation sites (tertiary alicyclic amines) is 1. The molecule has 6 atom stereocenters. The molecule has 2 bridgehead atoms. The predicted molar refractivity (Wildman–Crippen MR) is 134 cm³/mol. The molecule has 3 saturated carbocycles. The van der Waals surface area contributed by atoms with Crippen LogP contribution in [0.2, 0.25) is 0 Å². The van der Waals surface area contributed by atoms with Crippen LogP contribution in [-0.2, 0) is 18.4 Å². The summed E-state index contributed by atoms with van der Waals surface area (Å²) in [5.41, 5.74) is 2.55. The molecule has 2 aromatic carbocycles. The van der Waals surface area contributed by atoms with E-state index in [4.69, 9.17) is 4.74 Å². The van der Waals surface area contributed by atoms with E-state index in [1.165, 1.54) is 24.0 Å². The molecule has 35 heavy (non-hydrogen) atoms. The zero-order valence-electron chi connectivity index (χ0n) is 20.4. The zero-order valence-corrected chi connectivity index (χ0v) is 20.4. The van der Waals surface area contributed by atoms with Crippen LogP contribution >= 0.6 is 0 Å². The Hall–Kier alpha value is -2.08. The molecule has 0 radical (unpaired) electrons. The number of nitrogens with one attached hydrogen (secondary N) is 1. The number of fused-ring (bicyclic) bond motifs is 1. The summed E-state index contributed by atoms with van der Waals surface area (Å²) in [6, 6.07) is 15.1. The number of piperidine rings is 1. The van der Waals surface area contributed by atoms with Crippen molar-refractivity contribution in [1.29, 1.82) is 0 Å². The van der Waals surface area contributed by atoms with E-state index < -0.39 is 11.0 Å². The molecule has 8 rings (SSSR count). The Labute approximate surface area is 207 Å². The summed E-state index contributed by atoms with van der Waals surface area (Å²) >= 11 is 0. The predicted octanol–water partition coefficient (Wildman–Crippen LogP) is 3.89. The number of benzene rings is 2. The van der Waals surface area contributed by atoms with Gasteiger partial charge in [-0.05, 0) is 81.0 Å². The second kappa shape index (κ2) is 7.02. The molecule has 5 heteroatoms. The van der Waals surface area contributed by atoms with Crippen molar-refractivity contribution in [2.45, 2.75) is 87.1 Å². The van der Waals surface area contributed by atoms with Crippen molar-refractivity contribution >= 4 is 0 Å². The molecule has 0 aromatic heterocycles. The quantitative estimate of drug-likeness (QED) is 0.616. The Balaban J connectivity index is 1.20. The maximum absolute atomic E-state index is 12.7. The Morgan fingerprint density at radius 3 is 2.63 bits per heavy atom. The molecule has 0 unspecified atom stereocenters. The Kier molecular flexibility index (Phi) is 4.22. The lowest BCUT2D eigenvalue weighted by molar-refractivity contribution is -0.236. The van der Waals surface area contributed by atoms with Gasteiger partial charge in [0.15, 0.2) is 11.5 Å². The maximum atomic E-state index is 12.7. The first-order chi connectivity index (χ1) is 17.1. The number of aliphatic hydroxyl groups is 1. The fourth-order valence-corrected chi connectivity index (χ4v) is 9.06. The minimum Gasteiger partial charge on any atom is -0.504 e. The first-order valence-corrected chi connectivity index (χ1v) is 13.8. The lowest BCUT2D eigenvalue weighted by Gasteiger charge is -2.69. The highest BCUT2D eigenvalue weighted by atomic mass is 16.5. The van der Waals surface area contributed by atoms with Crippen molar-refractivity contribution in [2.75, 3.05) is 13.1 Å². The van der Waals surface area contributed by atoms with Gasteiger partial charge in [0.05, 0.1) is 11.0 Å². The summed E-state index contributed by atoms with van der Waals surface area (Å²) < 4.78 is 6.87. The number of nitrogens with zero attached hydrogens (tertiary/aromatic N) is 1. The lowest BCUT2D eigenvalue weighted by Crippen LogP contribution is -2.80. The van der Waals surface area contributed by atoms with Gasteiger partial charge in [-0.25, -0.2) is 0 Å². The van der Waals surface area contributed by atoms with Crippen molar-refractivity contribution in [3.63, 3.8) is 0 Å². The normalized spacial score (nSPS) is 40.8.